The predicted octanol–water partition coefficient (Wildman–Crippen LogP) is 3.52. The number of hydrogen-bond donors (Lipinski definition) is 2. The normalized spacial score (nSPS) is 11.8. The van der Waals surface area contributed by atoms with E-state index < -0.39 is 6.10 Å². The summed E-state index contributed by atoms with van der Waals surface area (Å²) in [5, 5.41) is 13.6. The number of aryl methyl sites for hydroxylation is 1. The van der Waals surface area contributed by atoms with Gasteiger partial charge in [-0.1, -0.05) is 35.9 Å². The van der Waals surface area contributed by atoms with Crippen molar-refractivity contribution in [2.45, 2.75) is 25.4 Å². The molecule has 1 amide bonds. The first-order valence-electron chi connectivity index (χ1n) is 7.91. The van der Waals surface area contributed by atoms with Crippen LogP contribution < -0.4 is 10.1 Å². The summed E-state index contributed by atoms with van der Waals surface area (Å²) < 4.78 is 5.08. The molecule has 2 N–H and O–H groups in total. The van der Waals surface area contributed by atoms with Crippen LogP contribution in [-0.4, -0.2) is 24.7 Å². The molecule has 1 atom stereocenters. The number of halogens is 1. The Morgan fingerprint density at radius 1 is 1.17 bits per heavy atom. The fraction of sp³-hybridized carbons (Fsp3) is 0.316. The van der Waals surface area contributed by atoms with Crippen molar-refractivity contribution in [1.29, 1.82) is 0 Å². The van der Waals surface area contributed by atoms with Crippen LogP contribution in [0.5, 0.6) is 5.75 Å². The molecule has 0 saturated heterocycles. The molecule has 0 bridgehead atoms. The molecule has 2 aromatic carbocycles. The van der Waals surface area contributed by atoms with Gasteiger partial charge >= 0.3 is 0 Å². The zero-order chi connectivity index (χ0) is 17.4. The summed E-state index contributed by atoms with van der Waals surface area (Å²) in [6, 6.07) is 14.8. The number of methoxy groups -OCH3 is 1. The number of aliphatic hydroxyl groups is 1. The summed E-state index contributed by atoms with van der Waals surface area (Å²) in [5.74, 6) is 0.675. The van der Waals surface area contributed by atoms with Gasteiger partial charge in [0.15, 0.2) is 0 Å². The molecule has 0 aliphatic heterocycles. The van der Waals surface area contributed by atoms with Gasteiger partial charge in [-0.25, -0.2) is 0 Å². The molecule has 0 aliphatic carbocycles. The summed E-state index contributed by atoms with van der Waals surface area (Å²) in [5.41, 5.74) is 1.91. The standard InChI is InChI=1S/C19H22ClNO3/c1-24-17-11-7-15(8-12-17)18(22)13-21-19(23)4-2-3-14-5-9-16(20)10-6-14/h5-12,18,22H,2-4,13H2,1H3,(H,21,23). The monoisotopic (exact) mass is 347 g/mol. The molecule has 0 aliphatic rings. The van der Waals surface area contributed by atoms with Crippen molar-refractivity contribution in [2.75, 3.05) is 13.7 Å². The van der Waals surface area contributed by atoms with Gasteiger partial charge in [0.2, 0.25) is 5.91 Å². The van der Waals surface area contributed by atoms with Gasteiger partial charge in [-0.05, 0) is 48.2 Å². The van der Waals surface area contributed by atoms with Gasteiger partial charge in [-0.2, -0.15) is 0 Å². The van der Waals surface area contributed by atoms with Gasteiger partial charge in [0.05, 0.1) is 13.2 Å². The Balaban J connectivity index is 1.69. The highest BCUT2D eigenvalue weighted by Crippen LogP contribution is 2.17. The maximum Gasteiger partial charge on any atom is 0.220 e. The molecule has 0 heterocycles. The van der Waals surface area contributed by atoms with E-state index in [0.717, 1.165) is 29.7 Å². The minimum atomic E-state index is -0.726. The van der Waals surface area contributed by atoms with E-state index in [1.54, 1.807) is 31.4 Å². The number of rotatable bonds is 8. The number of benzene rings is 2. The third kappa shape index (κ3) is 5.87. The van der Waals surface area contributed by atoms with Crippen molar-refractivity contribution in [3.8, 4) is 5.75 Å². The van der Waals surface area contributed by atoms with Crippen molar-refractivity contribution in [3.05, 3.63) is 64.7 Å². The summed E-state index contributed by atoms with van der Waals surface area (Å²) in [4.78, 5) is 11.9. The van der Waals surface area contributed by atoms with Crippen LogP contribution in [0.15, 0.2) is 48.5 Å². The Morgan fingerprint density at radius 2 is 1.83 bits per heavy atom. The molecule has 2 rings (SSSR count). The second kappa shape index (κ2) is 9.30. The molecule has 24 heavy (non-hydrogen) atoms. The van der Waals surface area contributed by atoms with Gasteiger partial charge in [-0.15, -0.1) is 0 Å². The van der Waals surface area contributed by atoms with E-state index in [9.17, 15) is 9.90 Å². The van der Waals surface area contributed by atoms with Crippen molar-refractivity contribution >= 4 is 17.5 Å². The molecular weight excluding hydrogens is 326 g/mol. The number of nitrogens with one attached hydrogen (secondary N) is 1. The minimum Gasteiger partial charge on any atom is -0.497 e. The Bertz CT molecular complexity index is 641. The third-order valence-corrected chi connectivity index (χ3v) is 4.03. The van der Waals surface area contributed by atoms with Gasteiger partial charge in [0, 0.05) is 18.0 Å². The molecule has 0 spiro atoms. The molecule has 0 aromatic heterocycles. The van der Waals surface area contributed by atoms with Crippen molar-refractivity contribution in [1.82, 2.24) is 5.32 Å². The number of aliphatic hydroxyl groups excluding tert-OH is 1. The van der Waals surface area contributed by atoms with E-state index in [-0.39, 0.29) is 12.5 Å². The van der Waals surface area contributed by atoms with E-state index in [1.165, 1.54) is 0 Å². The van der Waals surface area contributed by atoms with Crippen molar-refractivity contribution in [3.63, 3.8) is 0 Å². The summed E-state index contributed by atoms with van der Waals surface area (Å²) in [7, 11) is 1.59. The zero-order valence-corrected chi connectivity index (χ0v) is 14.4. The molecule has 2 aromatic rings. The molecule has 128 valence electrons. The largest absolute Gasteiger partial charge is 0.497 e. The SMILES string of the molecule is COc1ccc(C(O)CNC(=O)CCCc2ccc(Cl)cc2)cc1. The first-order valence-corrected chi connectivity index (χ1v) is 8.29. The lowest BCUT2D eigenvalue weighted by atomic mass is 10.1. The molecule has 0 radical (unpaired) electrons. The highest BCUT2D eigenvalue weighted by atomic mass is 35.5. The van der Waals surface area contributed by atoms with Crippen LogP contribution in [0.1, 0.15) is 30.1 Å². The Kier molecular flexibility index (Phi) is 7.09. The smallest absolute Gasteiger partial charge is 0.220 e. The second-order valence-electron chi connectivity index (χ2n) is 5.57. The first-order chi connectivity index (χ1) is 11.6. The Hall–Kier alpha value is -2.04. The zero-order valence-electron chi connectivity index (χ0n) is 13.7. The lowest BCUT2D eigenvalue weighted by Gasteiger charge is -2.13. The first kappa shape index (κ1) is 18.3. The lowest BCUT2D eigenvalue weighted by Crippen LogP contribution is -2.28. The number of ether oxygens (including phenoxy) is 1. The molecule has 4 nitrogen and oxygen atoms in total. The number of amides is 1. The van der Waals surface area contributed by atoms with E-state index in [2.05, 4.69) is 5.32 Å². The Labute approximate surface area is 147 Å². The van der Waals surface area contributed by atoms with Crippen LogP contribution in [0.2, 0.25) is 5.02 Å². The molecule has 5 heteroatoms. The van der Waals surface area contributed by atoms with Crippen LogP contribution in [-0.2, 0) is 11.2 Å². The summed E-state index contributed by atoms with van der Waals surface area (Å²) in [6.07, 6.45) is 1.28. The van der Waals surface area contributed by atoms with Crippen LogP contribution in [0.3, 0.4) is 0 Å². The van der Waals surface area contributed by atoms with Crippen LogP contribution >= 0.6 is 11.6 Å². The maximum atomic E-state index is 11.9. The maximum absolute atomic E-state index is 11.9. The highest BCUT2D eigenvalue weighted by molar-refractivity contribution is 6.30. The lowest BCUT2D eigenvalue weighted by molar-refractivity contribution is -0.121. The minimum absolute atomic E-state index is 0.0588. The van der Waals surface area contributed by atoms with E-state index in [4.69, 9.17) is 16.3 Å². The summed E-state index contributed by atoms with van der Waals surface area (Å²) >= 11 is 5.84. The number of hydrogen-bond acceptors (Lipinski definition) is 3. The van der Waals surface area contributed by atoms with Gasteiger partial charge in [0.25, 0.3) is 0 Å². The molecule has 1 unspecified atom stereocenters. The van der Waals surface area contributed by atoms with E-state index in [1.807, 2.05) is 24.3 Å². The highest BCUT2D eigenvalue weighted by Gasteiger charge is 2.09. The number of carbonyl (C=O) groups excluding carboxylic acids is 1. The average molecular weight is 348 g/mol. The third-order valence-electron chi connectivity index (χ3n) is 3.78. The number of carbonyl (C=O) groups is 1. The second-order valence-corrected chi connectivity index (χ2v) is 6.01. The molecule has 0 fully saturated rings. The van der Waals surface area contributed by atoms with E-state index >= 15 is 0 Å². The van der Waals surface area contributed by atoms with Gasteiger partial charge in [-0.3, -0.25) is 4.79 Å². The van der Waals surface area contributed by atoms with Gasteiger partial charge < -0.3 is 15.2 Å². The topological polar surface area (TPSA) is 58.6 Å². The quantitative estimate of drug-likeness (QED) is 0.768. The van der Waals surface area contributed by atoms with Crippen LogP contribution in [0, 0.1) is 0 Å². The fourth-order valence-electron chi connectivity index (χ4n) is 2.35. The van der Waals surface area contributed by atoms with Crippen molar-refractivity contribution < 1.29 is 14.6 Å². The molecular formula is C19H22ClNO3. The molecule has 0 saturated carbocycles. The van der Waals surface area contributed by atoms with Crippen molar-refractivity contribution in [2.24, 2.45) is 0 Å². The summed E-state index contributed by atoms with van der Waals surface area (Å²) in [6.45, 7) is 0.201. The van der Waals surface area contributed by atoms with Gasteiger partial charge in [0.1, 0.15) is 5.75 Å². The van der Waals surface area contributed by atoms with E-state index in [0.29, 0.717) is 11.4 Å². The van der Waals surface area contributed by atoms with Crippen LogP contribution in [0.25, 0.3) is 0 Å². The van der Waals surface area contributed by atoms with Crippen LogP contribution in [0.4, 0.5) is 0 Å². The average Bonchev–Trinajstić information content (AvgIpc) is 2.61. The predicted molar refractivity (Wildman–Crippen MR) is 95.4 cm³/mol. The Morgan fingerprint density at radius 3 is 2.46 bits per heavy atom. The fourth-order valence-corrected chi connectivity index (χ4v) is 2.47.